The SMILES string of the molecule is O=C(N[C@H]1CCNC1)c1cc2cccc(Br)c2o1. The van der Waals surface area contributed by atoms with Crippen molar-refractivity contribution < 1.29 is 9.21 Å². The molecular formula is C13H13BrN2O2. The fraction of sp³-hybridized carbons (Fsp3) is 0.308. The van der Waals surface area contributed by atoms with Gasteiger partial charge in [0, 0.05) is 18.0 Å². The third kappa shape index (κ3) is 2.15. The minimum absolute atomic E-state index is 0.146. The van der Waals surface area contributed by atoms with Gasteiger partial charge in [-0.05, 0) is 41.0 Å². The van der Waals surface area contributed by atoms with E-state index < -0.39 is 0 Å². The summed E-state index contributed by atoms with van der Waals surface area (Å²) >= 11 is 3.41. The number of carbonyl (C=O) groups excluding carboxylic acids is 1. The molecule has 2 heterocycles. The summed E-state index contributed by atoms with van der Waals surface area (Å²) < 4.78 is 6.45. The zero-order valence-electron chi connectivity index (χ0n) is 9.70. The van der Waals surface area contributed by atoms with Gasteiger partial charge in [0.15, 0.2) is 5.76 Å². The molecule has 2 N–H and O–H groups in total. The highest BCUT2D eigenvalue weighted by Crippen LogP contribution is 2.26. The predicted octanol–water partition coefficient (Wildman–Crippen LogP) is 2.29. The normalized spacial score (nSPS) is 19.3. The number of hydrogen-bond acceptors (Lipinski definition) is 3. The maximum absolute atomic E-state index is 12.0. The fourth-order valence-corrected chi connectivity index (χ4v) is 2.64. The summed E-state index contributed by atoms with van der Waals surface area (Å²) in [5.41, 5.74) is 0.715. The summed E-state index contributed by atoms with van der Waals surface area (Å²) in [6.45, 7) is 1.78. The fourth-order valence-electron chi connectivity index (χ4n) is 2.17. The van der Waals surface area contributed by atoms with Gasteiger partial charge in [0.2, 0.25) is 0 Å². The van der Waals surface area contributed by atoms with Gasteiger partial charge in [-0.15, -0.1) is 0 Å². The molecule has 1 aliphatic rings. The summed E-state index contributed by atoms with van der Waals surface area (Å²) in [7, 11) is 0. The van der Waals surface area contributed by atoms with Crippen molar-refractivity contribution >= 4 is 32.8 Å². The Kier molecular flexibility index (Phi) is 3.09. The molecule has 1 fully saturated rings. The number of nitrogens with one attached hydrogen (secondary N) is 2. The van der Waals surface area contributed by atoms with Crippen molar-refractivity contribution in [1.82, 2.24) is 10.6 Å². The quantitative estimate of drug-likeness (QED) is 0.895. The average molecular weight is 309 g/mol. The van der Waals surface area contributed by atoms with Crippen LogP contribution in [0.15, 0.2) is 33.2 Å². The van der Waals surface area contributed by atoms with Crippen LogP contribution in [-0.2, 0) is 0 Å². The van der Waals surface area contributed by atoms with Crippen LogP contribution in [0.4, 0.5) is 0 Å². The largest absolute Gasteiger partial charge is 0.450 e. The van der Waals surface area contributed by atoms with Crippen LogP contribution in [-0.4, -0.2) is 25.0 Å². The van der Waals surface area contributed by atoms with Gasteiger partial charge in [-0.2, -0.15) is 0 Å². The van der Waals surface area contributed by atoms with E-state index in [4.69, 9.17) is 4.42 Å². The highest BCUT2D eigenvalue weighted by Gasteiger charge is 2.20. The van der Waals surface area contributed by atoms with Crippen LogP contribution in [0.25, 0.3) is 11.0 Å². The molecule has 1 aromatic heterocycles. The van der Waals surface area contributed by atoms with Gasteiger partial charge in [0.1, 0.15) is 5.58 Å². The van der Waals surface area contributed by atoms with Gasteiger partial charge in [-0.25, -0.2) is 0 Å². The third-order valence-corrected chi connectivity index (χ3v) is 3.74. The molecule has 94 valence electrons. The first-order valence-corrected chi connectivity index (χ1v) is 6.73. The second kappa shape index (κ2) is 4.74. The Morgan fingerprint density at radius 3 is 3.11 bits per heavy atom. The molecule has 0 unspecified atom stereocenters. The molecule has 1 saturated heterocycles. The number of amides is 1. The molecule has 18 heavy (non-hydrogen) atoms. The van der Waals surface area contributed by atoms with Crippen LogP contribution in [0.5, 0.6) is 0 Å². The maximum atomic E-state index is 12.0. The van der Waals surface area contributed by atoms with Gasteiger partial charge in [-0.3, -0.25) is 4.79 Å². The number of halogens is 1. The molecule has 0 saturated carbocycles. The molecule has 0 spiro atoms. The van der Waals surface area contributed by atoms with Crippen molar-refractivity contribution in [1.29, 1.82) is 0 Å². The van der Waals surface area contributed by atoms with Crippen LogP contribution in [0, 0.1) is 0 Å². The summed E-state index contributed by atoms with van der Waals surface area (Å²) in [6.07, 6.45) is 0.968. The average Bonchev–Trinajstić information content (AvgIpc) is 2.97. The minimum Gasteiger partial charge on any atom is -0.450 e. The van der Waals surface area contributed by atoms with E-state index in [1.54, 1.807) is 6.07 Å². The topological polar surface area (TPSA) is 54.3 Å². The first kappa shape index (κ1) is 11.7. The Labute approximate surface area is 113 Å². The zero-order chi connectivity index (χ0) is 12.5. The van der Waals surface area contributed by atoms with Crippen molar-refractivity contribution in [3.8, 4) is 0 Å². The number of rotatable bonds is 2. The van der Waals surface area contributed by atoms with Gasteiger partial charge in [0.25, 0.3) is 5.91 Å². The number of hydrogen-bond donors (Lipinski definition) is 2. The smallest absolute Gasteiger partial charge is 0.287 e. The van der Waals surface area contributed by atoms with Crippen LogP contribution in [0.3, 0.4) is 0 Å². The molecule has 1 atom stereocenters. The lowest BCUT2D eigenvalue weighted by Gasteiger charge is -2.08. The van der Waals surface area contributed by atoms with Crippen LogP contribution >= 0.6 is 15.9 Å². The van der Waals surface area contributed by atoms with E-state index in [2.05, 4.69) is 26.6 Å². The van der Waals surface area contributed by atoms with E-state index in [1.807, 2.05) is 18.2 Å². The summed E-state index contributed by atoms with van der Waals surface area (Å²) in [5.74, 6) is 0.218. The van der Waals surface area contributed by atoms with Crippen LogP contribution in [0.2, 0.25) is 0 Å². The van der Waals surface area contributed by atoms with Crippen molar-refractivity contribution in [2.45, 2.75) is 12.5 Å². The highest BCUT2D eigenvalue weighted by atomic mass is 79.9. The van der Waals surface area contributed by atoms with Gasteiger partial charge in [-0.1, -0.05) is 12.1 Å². The number of para-hydroxylation sites is 1. The van der Waals surface area contributed by atoms with Gasteiger partial charge < -0.3 is 15.1 Å². The zero-order valence-corrected chi connectivity index (χ0v) is 11.3. The Morgan fingerprint density at radius 2 is 2.39 bits per heavy atom. The molecule has 1 amide bonds. The highest BCUT2D eigenvalue weighted by molar-refractivity contribution is 9.10. The van der Waals surface area contributed by atoms with Crippen LogP contribution < -0.4 is 10.6 Å². The first-order valence-electron chi connectivity index (χ1n) is 5.94. The van der Waals surface area contributed by atoms with Gasteiger partial charge >= 0.3 is 0 Å². The van der Waals surface area contributed by atoms with Crippen molar-refractivity contribution in [2.75, 3.05) is 13.1 Å². The maximum Gasteiger partial charge on any atom is 0.287 e. The predicted molar refractivity (Wildman–Crippen MR) is 72.7 cm³/mol. The number of furan rings is 1. The molecule has 5 heteroatoms. The lowest BCUT2D eigenvalue weighted by Crippen LogP contribution is -2.35. The third-order valence-electron chi connectivity index (χ3n) is 3.12. The Balaban J connectivity index is 1.85. The molecular weight excluding hydrogens is 296 g/mol. The van der Waals surface area contributed by atoms with E-state index in [1.165, 1.54) is 0 Å². The van der Waals surface area contributed by atoms with E-state index >= 15 is 0 Å². The summed E-state index contributed by atoms with van der Waals surface area (Å²) in [5, 5.41) is 7.11. The second-order valence-corrected chi connectivity index (χ2v) is 5.29. The van der Waals surface area contributed by atoms with E-state index in [0.717, 1.165) is 29.4 Å². The monoisotopic (exact) mass is 308 g/mol. The summed E-state index contributed by atoms with van der Waals surface area (Å²) in [4.78, 5) is 12.0. The van der Waals surface area contributed by atoms with Gasteiger partial charge in [0.05, 0.1) is 4.47 Å². The molecule has 3 rings (SSSR count). The molecule has 1 aliphatic heterocycles. The summed E-state index contributed by atoms with van der Waals surface area (Å²) in [6, 6.07) is 7.72. The molecule has 2 aromatic rings. The Hall–Kier alpha value is -1.33. The van der Waals surface area contributed by atoms with E-state index in [0.29, 0.717) is 11.3 Å². The Bertz CT molecular complexity index is 588. The van der Waals surface area contributed by atoms with Crippen molar-refractivity contribution in [2.24, 2.45) is 0 Å². The van der Waals surface area contributed by atoms with Crippen molar-refractivity contribution in [3.63, 3.8) is 0 Å². The minimum atomic E-state index is -0.146. The number of fused-ring (bicyclic) bond motifs is 1. The first-order chi connectivity index (χ1) is 8.74. The molecule has 0 aliphatic carbocycles. The number of benzene rings is 1. The van der Waals surface area contributed by atoms with E-state index in [-0.39, 0.29) is 11.9 Å². The Morgan fingerprint density at radius 1 is 1.50 bits per heavy atom. The van der Waals surface area contributed by atoms with E-state index in [9.17, 15) is 4.79 Å². The lowest BCUT2D eigenvalue weighted by atomic mass is 10.2. The second-order valence-electron chi connectivity index (χ2n) is 4.43. The standard InChI is InChI=1S/C13H13BrN2O2/c14-10-3-1-2-8-6-11(18-12(8)10)13(17)16-9-4-5-15-7-9/h1-3,6,9,15H,4-5,7H2,(H,16,17)/t9-/m0/s1. The molecule has 0 radical (unpaired) electrons. The lowest BCUT2D eigenvalue weighted by molar-refractivity contribution is 0.0914. The van der Waals surface area contributed by atoms with Crippen molar-refractivity contribution in [3.05, 3.63) is 34.5 Å². The molecule has 0 bridgehead atoms. The molecule has 4 nitrogen and oxygen atoms in total. The van der Waals surface area contributed by atoms with Crippen LogP contribution in [0.1, 0.15) is 17.0 Å². The molecule has 1 aromatic carbocycles. The number of carbonyl (C=O) groups is 1.